The molecule has 2 heteroatoms. The SMILES string of the molecule is CCOC1(C(N)Cc2cc(C)cc(C)c2)CCC(C)CC1. The molecule has 1 saturated carbocycles. The molecule has 0 heterocycles. The Morgan fingerprint density at radius 3 is 2.29 bits per heavy atom. The van der Waals surface area contributed by atoms with Gasteiger partial charge in [-0.1, -0.05) is 36.2 Å². The van der Waals surface area contributed by atoms with Crippen LogP contribution in [0.4, 0.5) is 0 Å². The molecular weight excluding hydrogens is 258 g/mol. The van der Waals surface area contributed by atoms with Crippen LogP contribution in [0, 0.1) is 19.8 Å². The van der Waals surface area contributed by atoms with Crippen LogP contribution in [0.5, 0.6) is 0 Å². The zero-order valence-corrected chi connectivity index (χ0v) is 14.1. The molecule has 118 valence electrons. The molecule has 1 atom stereocenters. The van der Waals surface area contributed by atoms with Crippen molar-refractivity contribution in [1.82, 2.24) is 0 Å². The minimum absolute atomic E-state index is 0.0890. The first kappa shape index (κ1) is 16.5. The van der Waals surface area contributed by atoms with Gasteiger partial charge < -0.3 is 10.5 Å². The third-order valence-corrected chi connectivity index (χ3v) is 4.97. The average molecular weight is 289 g/mol. The van der Waals surface area contributed by atoms with E-state index in [1.165, 1.54) is 29.5 Å². The highest BCUT2D eigenvalue weighted by Crippen LogP contribution is 2.37. The third-order valence-electron chi connectivity index (χ3n) is 4.97. The van der Waals surface area contributed by atoms with Crippen LogP contribution in [0.1, 0.15) is 56.2 Å². The molecule has 2 nitrogen and oxygen atoms in total. The van der Waals surface area contributed by atoms with Crippen LogP contribution in [0.3, 0.4) is 0 Å². The molecule has 1 aliphatic carbocycles. The summed E-state index contributed by atoms with van der Waals surface area (Å²) >= 11 is 0. The fraction of sp³-hybridized carbons (Fsp3) is 0.684. The van der Waals surface area contributed by atoms with Gasteiger partial charge in [0.15, 0.2) is 0 Å². The zero-order chi connectivity index (χ0) is 15.5. The molecule has 1 fully saturated rings. The van der Waals surface area contributed by atoms with Gasteiger partial charge in [-0.3, -0.25) is 0 Å². The molecule has 0 amide bonds. The van der Waals surface area contributed by atoms with Crippen LogP contribution in [-0.4, -0.2) is 18.2 Å². The van der Waals surface area contributed by atoms with Gasteiger partial charge >= 0.3 is 0 Å². The van der Waals surface area contributed by atoms with E-state index in [9.17, 15) is 0 Å². The number of aryl methyl sites for hydroxylation is 2. The summed E-state index contributed by atoms with van der Waals surface area (Å²) in [5, 5.41) is 0. The summed E-state index contributed by atoms with van der Waals surface area (Å²) in [4.78, 5) is 0. The second-order valence-corrected chi connectivity index (χ2v) is 6.99. The fourth-order valence-electron chi connectivity index (χ4n) is 3.79. The van der Waals surface area contributed by atoms with E-state index in [1.54, 1.807) is 0 Å². The van der Waals surface area contributed by atoms with Gasteiger partial charge in [0.1, 0.15) is 0 Å². The largest absolute Gasteiger partial charge is 0.374 e. The number of nitrogens with two attached hydrogens (primary N) is 1. The Balaban J connectivity index is 2.13. The van der Waals surface area contributed by atoms with E-state index >= 15 is 0 Å². The van der Waals surface area contributed by atoms with E-state index in [-0.39, 0.29) is 11.6 Å². The maximum absolute atomic E-state index is 6.62. The molecule has 0 radical (unpaired) electrons. The third kappa shape index (κ3) is 4.08. The topological polar surface area (TPSA) is 35.2 Å². The van der Waals surface area contributed by atoms with Crippen molar-refractivity contribution in [3.63, 3.8) is 0 Å². The van der Waals surface area contributed by atoms with Crippen molar-refractivity contribution in [2.45, 2.75) is 71.4 Å². The Labute approximate surface area is 130 Å². The quantitative estimate of drug-likeness (QED) is 0.883. The van der Waals surface area contributed by atoms with Gasteiger partial charge in [0.05, 0.1) is 5.60 Å². The number of rotatable bonds is 5. The van der Waals surface area contributed by atoms with E-state index in [2.05, 4.69) is 45.9 Å². The lowest BCUT2D eigenvalue weighted by Crippen LogP contribution is -2.53. The Bertz CT molecular complexity index is 440. The Kier molecular flexibility index (Phi) is 5.45. The minimum Gasteiger partial charge on any atom is -0.374 e. The van der Waals surface area contributed by atoms with Crippen molar-refractivity contribution in [1.29, 1.82) is 0 Å². The molecule has 1 aliphatic rings. The molecule has 0 spiro atoms. The molecule has 21 heavy (non-hydrogen) atoms. The second kappa shape index (κ2) is 6.93. The van der Waals surface area contributed by atoms with Crippen LogP contribution >= 0.6 is 0 Å². The van der Waals surface area contributed by atoms with Gasteiger partial charge in [0.2, 0.25) is 0 Å². The molecule has 0 saturated heterocycles. The molecule has 1 aromatic rings. The molecule has 0 aliphatic heterocycles. The Hall–Kier alpha value is -0.860. The molecule has 1 unspecified atom stereocenters. The van der Waals surface area contributed by atoms with Crippen molar-refractivity contribution in [3.05, 3.63) is 34.9 Å². The van der Waals surface area contributed by atoms with Gasteiger partial charge in [0.25, 0.3) is 0 Å². The highest BCUT2D eigenvalue weighted by Gasteiger charge is 2.40. The summed E-state index contributed by atoms with van der Waals surface area (Å²) in [7, 11) is 0. The number of hydrogen-bond acceptors (Lipinski definition) is 2. The number of ether oxygens (including phenoxy) is 1. The van der Waals surface area contributed by atoms with Crippen molar-refractivity contribution in [2.24, 2.45) is 11.7 Å². The normalized spacial score (nSPS) is 27.6. The first-order valence-electron chi connectivity index (χ1n) is 8.42. The molecule has 0 bridgehead atoms. The van der Waals surface area contributed by atoms with Crippen molar-refractivity contribution < 1.29 is 4.74 Å². The van der Waals surface area contributed by atoms with Crippen molar-refractivity contribution in [2.75, 3.05) is 6.61 Å². The maximum atomic E-state index is 6.62. The Morgan fingerprint density at radius 2 is 1.76 bits per heavy atom. The lowest BCUT2D eigenvalue weighted by Gasteiger charge is -2.43. The lowest BCUT2D eigenvalue weighted by atomic mass is 9.74. The van der Waals surface area contributed by atoms with E-state index in [0.717, 1.165) is 31.8 Å². The average Bonchev–Trinajstić information content (AvgIpc) is 2.40. The van der Waals surface area contributed by atoms with Crippen LogP contribution in [0.15, 0.2) is 18.2 Å². The van der Waals surface area contributed by atoms with Gasteiger partial charge in [0, 0.05) is 12.6 Å². The summed E-state index contributed by atoms with van der Waals surface area (Å²) in [6.07, 6.45) is 5.60. The van der Waals surface area contributed by atoms with Gasteiger partial charge in [-0.15, -0.1) is 0 Å². The number of hydrogen-bond donors (Lipinski definition) is 1. The Morgan fingerprint density at radius 1 is 1.19 bits per heavy atom. The predicted molar refractivity (Wildman–Crippen MR) is 89.6 cm³/mol. The summed E-state index contributed by atoms with van der Waals surface area (Å²) in [6, 6.07) is 6.83. The fourth-order valence-corrected chi connectivity index (χ4v) is 3.79. The van der Waals surface area contributed by atoms with Gasteiger partial charge in [-0.25, -0.2) is 0 Å². The molecule has 1 aromatic carbocycles. The van der Waals surface area contributed by atoms with E-state index in [0.29, 0.717) is 0 Å². The van der Waals surface area contributed by atoms with Crippen LogP contribution < -0.4 is 5.73 Å². The second-order valence-electron chi connectivity index (χ2n) is 6.99. The first-order chi connectivity index (χ1) is 9.95. The molecule has 2 rings (SSSR count). The minimum atomic E-state index is -0.112. The molecular formula is C19H31NO. The van der Waals surface area contributed by atoms with Gasteiger partial charge in [-0.2, -0.15) is 0 Å². The standard InChI is InChI=1S/C19H31NO/c1-5-21-19(8-6-14(2)7-9-19)18(20)13-17-11-15(3)10-16(4)12-17/h10-12,14,18H,5-9,13,20H2,1-4H3. The summed E-state index contributed by atoms with van der Waals surface area (Å²) in [5.41, 5.74) is 10.5. The number of benzene rings is 1. The molecule has 0 aromatic heterocycles. The van der Waals surface area contributed by atoms with Crippen LogP contribution in [0.2, 0.25) is 0 Å². The lowest BCUT2D eigenvalue weighted by molar-refractivity contribution is -0.0883. The van der Waals surface area contributed by atoms with Crippen molar-refractivity contribution >= 4 is 0 Å². The smallest absolute Gasteiger partial charge is 0.0835 e. The summed E-state index contributed by atoms with van der Waals surface area (Å²) in [6.45, 7) is 9.49. The van der Waals surface area contributed by atoms with Crippen LogP contribution in [0.25, 0.3) is 0 Å². The van der Waals surface area contributed by atoms with Crippen LogP contribution in [-0.2, 0) is 11.2 Å². The van der Waals surface area contributed by atoms with E-state index in [1.807, 2.05) is 0 Å². The highest BCUT2D eigenvalue weighted by molar-refractivity contribution is 5.29. The summed E-state index contributed by atoms with van der Waals surface area (Å²) in [5.74, 6) is 0.812. The van der Waals surface area contributed by atoms with E-state index < -0.39 is 0 Å². The summed E-state index contributed by atoms with van der Waals surface area (Å²) < 4.78 is 6.19. The first-order valence-corrected chi connectivity index (χ1v) is 8.42. The van der Waals surface area contributed by atoms with Gasteiger partial charge in [-0.05, 0) is 64.4 Å². The van der Waals surface area contributed by atoms with E-state index in [4.69, 9.17) is 10.5 Å². The monoisotopic (exact) mass is 289 g/mol. The maximum Gasteiger partial charge on any atom is 0.0835 e. The van der Waals surface area contributed by atoms with Crippen molar-refractivity contribution in [3.8, 4) is 0 Å². The zero-order valence-electron chi connectivity index (χ0n) is 14.1. The highest BCUT2D eigenvalue weighted by atomic mass is 16.5. The molecule has 2 N–H and O–H groups in total. The predicted octanol–water partition coefficient (Wildman–Crippen LogP) is 4.16.